The average molecular weight is 318 g/mol. The summed E-state index contributed by atoms with van der Waals surface area (Å²) in [6, 6.07) is 7.41. The van der Waals surface area contributed by atoms with E-state index in [2.05, 4.69) is 5.16 Å². The fourth-order valence-electron chi connectivity index (χ4n) is 2.87. The van der Waals surface area contributed by atoms with Crippen molar-refractivity contribution in [2.45, 2.75) is 25.9 Å². The Morgan fingerprint density at radius 2 is 2.00 bits per heavy atom. The Balaban J connectivity index is 1.68. The Morgan fingerprint density at radius 3 is 2.61 bits per heavy atom. The summed E-state index contributed by atoms with van der Waals surface area (Å²) in [6.45, 7) is 3.00. The first-order valence-electron chi connectivity index (χ1n) is 7.74. The quantitative estimate of drug-likeness (QED) is 0.945. The third kappa shape index (κ3) is 3.42. The molecule has 2 aromatic rings. The Labute approximate surface area is 133 Å². The van der Waals surface area contributed by atoms with E-state index in [0.717, 1.165) is 12.8 Å². The fraction of sp³-hybridized carbons (Fsp3) is 0.412. The molecule has 3 rings (SSSR count). The molecule has 1 N–H and O–H groups in total. The standard InChI is InChI=1S/C17H19FN2O3/c1-11(21)12-6-8-20(9-7-12)17(22)15-10-16(23-19-15)13-2-4-14(18)5-3-13/h2-5,10-12,21H,6-9H2,1H3. The van der Waals surface area contributed by atoms with Crippen LogP contribution in [0, 0.1) is 11.7 Å². The molecule has 1 fully saturated rings. The Bertz CT molecular complexity index is 673. The minimum absolute atomic E-state index is 0.175. The van der Waals surface area contributed by atoms with E-state index >= 15 is 0 Å². The van der Waals surface area contributed by atoms with Gasteiger partial charge in [0.05, 0.1) is 6.10 Å². The molecule has 23 heavy (non-hydrogen) atoms. The van der Waals surface area contributed by atoms with Gasteiger partial charge in [-0.1, -0.05) is 5.16 Å². The molecule has 1 aliphatic heterocycles. The lowest BCUT2D eigenvalue weighted by atomic mass is 9.92. The normalized spacial score (nSPS) is 17.3. The average Bonchev–Trinajstić information content (AvgIpc) is 3.05. The summed E-state index contributed by atoms with van der Waals surface area (Å²) in [5.41, 5.74) is 0.922. The van der Waals surface area contributed by atoms with Crippen LogP contribution in [0.25, 0.3) is 11.3 Å². The van der Waals surface area contributed by atoms with Crippen LogP contribution in [0.4, 0.5) is 4.39 Å². The number of hydrogen-bond donors (Lipinski definition) is 1. The molecule has 0 bridgehead atoms. The van der Waals surface area contributed by atoms with Crippen molar-refractivity contribution in [2.24, 2.45) is 5.92 Å². The van der Waals surface area contributed by atoms with E-state index < -0.39 is 0 Å². The van der Waals surface area contributed by atoms with Crippen molar-refractivity contribution in [2.75, 3.05) is 13.1 Å². The number of aromatic nitrogens is 1. The predicted molar refractivity (Wildman–Crippen MR) is 82.2 cm³/mol. The summed E-state index contributed by atoms with van der Waals surface area (Å²) in [4.78, 5) is 14.2. The van der Waals surface area contributed by atoms with Crippen molar-refractivity contribution in [1.82, 2.24) is 10.1 Å². The van der Waals surface area contributed by atoms with Gasteiger partial charge in [0.1, 0.15) is 5.82 Å². The summed E-state index contributed by atoms with van der Waals surface area (Å²) >= 11 is 0. The third-order valence-corrected chi connectivity index (χ3v) is 4.37. The van der Waals surface area contributed by atoms with Gasteiger partial charge >= 0.3 is 0 Å². The summed E-state index contributed by atoms with van der Waals surface area (Å²) in [5, 5.41) is 13.4. The van der Waals surface area contributed by atoms with E-state index in [4.69, 9.17) is 4.52 Å². The summed E-state index contributed by atoms with van der Waals surface area (Å²) < 4.78 is 18.1. The molecule has 122 valence electrons. The highest BCUT2D eigenvalue weighted by Gasteiger charge is 2.27. The number of carbonyl (C=O) groups excluding carboxylic acids is 1. The number of halogens is 1. The largest absolute Gasteiger partial charge is 0.393 e. The van der Waals surface area contributed by atoms with Gasteiger partial charge in [-0.05, 0) is 49.9 Å². The number of aliphatic hydroxyl groups excluding tert-OH is 1. The monoisotopic (exact) mass is 318 g/mol. The van der Waals surface area contributed by atoms with Crippen molar-refractivity contribution in [3.05, 3.63) is 41.8 Å². The molecule has 5 nitrogen and oxygen atoms in total. The topological polar surface area (TPSA) is 66.6 Å². The van der Waals surface area contributed by atoms with Crippen molar-refractivity contribution in [3.63, 3.8) is 0 Å². The molecular formula is C17H19FN2O3. The molecule has 1 atom stereocenters. The molecular weight excluding hydrogens is 299 g/mol. The maximum absolute atomic E-state index is 12.9. The Kier molecular flexibility index (Phi) is 4.43. The second-order valence-corrected chi connectivity index (χ2v) is 5.95. The highest BCUT2D eigenvalue weighted by atomic mass is 19.1. The maximum Gasteiger partial charge on any atom is 0.276 e. The zero-order valence-electron chi connectivity index (χ0n) is 12.9. The number of aliphatic hydroxyl groups is 1. The molecule has 0 radical (unpaired) electrons. The van der Waals surface area contributed by atoms with Crippen LogP contribution in [-0.4, -0.2) is 40.3 Å². The van der Waals surface area contributed by atoms with Crippen LogP contribution in [0.3, 0.4) is 0 Å². The SMILES string of the molecule is CC(O)C1CCN(C(=O)c2cc(-c3ccc(F)cc3)on2)CC1. The van der Waals surface area contributed by atoms with Crippen LogP contribution < -0.4 is 0 Å². The van der Waals surface area contributed by atoms with Gasteiger partial charge in [-0.3, -0.25) is 4.79 Å². The summed E-state index contributed by atoms with van der Waals surface area (Å²) in [6.07, 6.45) is 1.22. The van der Waals surface area contributed by atoms with Crippen LogP contribution in [0.15, 0.2) is 34.9 Å². The first kappa shape index (κ1) is 15.7. The van der Waals surface area contributed by atoms with Gasteiger partial charge in [-0.15, -0.1) is 0 Å². The van der Waals surface area contributed by atoms with Crippen molar-refractivity contribution < 1.29 is 18.8 Å². The van der Waals surface area contributed by atoms with Gasteiger partial charge in [0, 0.05) is 24.7 Å². The van der Waals surface area contributed by atoms with Crippen molar-refractivity contribution in [3.8, 4) is 11.3 Å². The molecule has 1 unspecified atom stereocenters. The number of carbonyl (C=O) groups is 1. The lowest BCUT2D eigenvalue weighted by Crippen LogP contribution is -2.40. The summed E-state index contributed by atoms with van der Waals surface area (Å²) in [7, 11) is 0. The Morgan fingerprint density at radius 1 is 1.35 bits per heavy atom. The molecule has 1 aromatic carbocycles. The second-order valence-electron chi connectivity index (χ2n) is 5.95. The van der Waals surface area contributed by atoms with E-state index in [-0.39, 0.29) is 29.4 Å². The van der Waals surface area contributed by atoms with E-state index in [1.165, 1.54) is 12.1 Å². The number of amides is 1. The van der Waals surface area contributed by atoms with Crippen LogP contribution in [0.5, 0.6) is 0 Å². The van der Waals surface area contributed by atoms with E-state index in [9.17, 15) is 14.3 Å². The molecule has 0 spiro atoms. The molecule has 0 saturated carbocycles. The minimum atomic E-state index is -0.343. The van der Waals surface area contributed by atoms with E-state index in [1.807, 2.05) is 0 Å². The number of rotatable bonds is 3. The van der Waals surface area contributed by atoms with Gasteiger partial charge in [0.25, 0.3) is 5.91 Å². The van der Waals surface area contributed by atoms with Gasteiger partial charge in [0.2, 0.25) is 0 Å². The fourth-order valence-corrected chi connectivity index (χ4v) is 2.87. The van der Waals surface area contributed by atoms with Gasteiger partial charge in [-0.2, -0.15) is 0 Å². The van der Waals surface area contributed by atoms with E-state index in [0.29, 0.717) is 24.4 Å². The minimum Gasteiger partial charge on any atom is -0.393 e. The molecule has 2 heterocycles. The van der Waals surface area contributed by atoms with Crippen LogP contribution in [-0.2, 0) is 0 Å². The maximum atomic E-state index is 12.9. The first-order valence-corrected chi connectivity index (χ1v) is 7.74. The first-order chi connectivity index (χ1) is 11.0. The van der Waals surface area contributed by atoms with Crippen LogP contribution in [0.1, 0.15) is 30.3 Å². The molecule has 1 aromatic heterocycles. The van der Waals surface area contributed by atoms with E-state index in [1.54, 1.807) is 30.0 Å². The summed E-state index contributed by atoms with van der Waals surface area (Å²) in [5.74, 6) is 0.176. The predicted octanol–water partition coefficient (Wildman–Crippen LogP) is 2.71. The smallest absolute Gasteiger partial charge is 0.276 e. The van der Waals surface area contributed by atoms with Crippen LogP contribution >= 0.6 is 0 Å². The lowest BCUT2D eigenvalue weighted by Gasteiger charge is -2.32. The highest BCUT2D eigenvalue weighted by molar-refractivity contribution is 5.93. The van der Waals surface area contributed by atoms with Crippen LogP contribution in [0.2, 0.25) is 0 Å². The number of piperidine rings is 1. The van der Waals surface area contributed by atoms with Gasteiger partial charge in [-0.25, -0.2) is 4.39 Å². The second kappa shape index (κ2) is 6.50. The van der Waals surface area contributed by atoms with Crippen molar-refractivity contribution in [1.29, 1.82) is 0 Å². The number of nitrogens with zero attached hydrogens (tertiary/aromatic N) is 2. The zero-order chi connectivity index (χ0) is 16.4. The zero-order valence-corrected chi connectivity index (χ0v) is 12.9. The third-order valence-electron chi connectivity index (χ3n) is 4.37. The van der Waals surface area contributed by atoms with Gasteiger partial charge in [0.15, 0.2) is 11.5 Å². The molecule has 0 aliphatic carbocycles. The van der Waals surface area contributed by atoms with Crippen molar-refractivity contribution >= 4 is 5.91 Å². The molecule has 6 heteroatoms. The molecule has 1 aliphatic rings. The number of hydrogen-bond acceptors (Lipinski definition) is 4. The number of likely N-dealkylation sites (tertiary alicyclic amines) is 1. The number of benzene rings is 1. The molecule has 1 saturated heterocycles. The Hall–Kier alpha value is -2.21. The highest BCUT2D eigenvalue weighted by Crippen LogP contribution is 2.24. The molecule has 1 amide bonds. The lowest BCUT2D eigenvalue weighted by molar-refractivity contribution is 0.0514. The van der Waals surface area contributed by atoms with Gasteiger partial charge < -0.3 is 14.5 Å².